The average molecular weight is 389 g/mol. The predicted molar refractivity (Wildman–Crippen MR) is 107 cm³/mol. The Labute approximate surface area is 160 Å². The van der Waals surface area contributed by atoms with Gasteiger partial charge in [0.05, 0.1) is 17.7 Å². The first-order valence-corrected chi connectivity index (χ1v) is 11.3. The van der Waals surface area contributed by atoms with Gasteiger partial charge < -0.3 is 10.00 Å². The smallest absolute Gasteiger partial charge is 0.311 e. The van der Waals surface area contributed by atoms with Crippen LogP contribution in [-0.4, -0.2) is 26.6 Å². The second-order valence-electron chi connectivity index (χ2n) is 6.91. The third-order valence-electron chi connectivity index (χ3n) is 4.84. The fourth-order valence-electron chi connectivity index (χ4n) is 3.44. The summed E-state index contributed by atoms with van der Waals surface area (Å²) >= 11 is 0. The minimum absolute atomic E-state index is 0.0371. The zero-order valence-corrected chi connectivity index (χ0v) is 16.6. The molecule has 0 saturated heterocycles. The highest BCUT2D eigenvalue weighted by Gasteiger charge is 2.41. The minimum Gasteiger partial charge on any atom is -0.481 e. The Hall–Kier alpha value is -1.97. The van der Waals surface area contributed by atoms with Gasteiger partial charge in [-0.25, -0.2) is 0 Å². The lowest BCUT2D eigenvalue weighted by atomic mass is 9.92. The highest BCUT2D eigenvalue weighted by molar-refractivity contribution is 7.58. The van der Waals surface area contributed by atoms with E-state index in [-0.39, 0.29) is 6.16 Å². The van der Waals surface area contributed by atoms with Crippen molar-refractivity contribution in [3.8, 4) is 0 Å². The fraction of sp³-hybridized carbons (Fsp3) is 0.429. The Bertz CT molecular complexity index is 751. The van der Waals surface area contributed by atoms with Gasteiger partial charge in [-0.15, -0.1) is 0 Å². The maximum Gasteiger partial charge on any atom is 0.311 e. The Morgan fingerprint density at radius 2 is 1.74 bits per heavy atom. The third kappa shape index (κ3) is 6.30. The molecule has 2 rings (SSSR count). The number of unbranched alkanes of at least 4 members (excludes halogenated alkanes) is 3. The number of aromatic nitrogens is 1. The van der Waals surface area contributed by atoms with Gasteiger partial charge in [0.1, 0.15) is 0 Å². The van der Waals surface area contributed by atoms with E-state index in [4.69, 9.17) is 0 Å². The number of benzene rings is 1. The summed E-state index contributed by atoms with van der Waals surface area (Å²) in [5.41, 5.74) is 0.462. The molecule has 0 bridgehead atoms. The number of hydrogen-bond acceptors (Lipinski definition) is 3. The van der Waals surface area contributed by atoms with Crippen molar-refractivity contribution in [2.24, 2.45) is 0 Å². The van der Waals surface area contributed by atoms with Gasteiger partial charge in [-0.05, 0) is 29.7 Å². The van der Waals surface area contributed by atoms with Gasteiger partial charge in [-0.2, -0.15) is 0 Å². The van der Waals surface area contributed by atoms with Crippen LogP contribution in [0.25, 0.3) is 0 Å². The summed E-state index contributed by atoms with van der Waals surface area (Å²) in [5.74, 6) is -2.05. The van der Waals surface area contributed by atoms with Crippen molar-refractivity contribution in [1.29, 1.82) is 0 Å². The molecule has 2 aromatic rings. The quantitative estimate of drug-likeness (QED) is 0.414. The van der Waals surface area contributed by atoms with E-state index in [2.05, 4.69) is 11.9 Å². The fourth-order valence-corrected chi connectivity index (χ4v) is 5.76. The molecule has 0 aliphatic heterocycles. The number of pyridine rings is 1. The molecule has 0 spiro atoms. The summed E-state index contributed by atoms with van der Waals surface area (Å²) in [6, 6.07) is 12.2. The van der Waals surface area contributed by atoms with Gasteiger partial charge in [-0.1, -0.05) is 62.9 Å². The van der Waals surface area contributed by atoms with Gasteiger partial charge in [0.25, 0.3) is 0 Å². The zero-order chi connectivity index (χ0) is 19.7. The van der Waals surface area contributed by atoms with Crippen LogP contribution in [0.15, 0.2) is 54.9 Å². The number of rotatable bonds is 11. The van der Waals surface area contributed by atoms with E-state index < -0.39 is 24.9 Å². The lowest BCUT2D eigenvalue weighted by Gasteiger charge is -2.29. The van der Waals surface area contributed by atoms with Crippen LogP contribution in [0.5, 0.6) is 0 Å². The molecule has 5 nitrogen and oxygen atoms in total. The number of aliphatic carboxylic acids is 1. The lowest BCUT2D eigenvalue weighted by molar-refractivity contribution is -0.139. The van der Waals surface area contributed by atoms with Crippen molar-refractivity contribution >= 4 is 13.3 Å². The van der Waals surface area contributed by atoms with Gasteiger partial charge >= 0.3 is 5.97 Å². The van der Waals surface area contributed by atoms with E-state index in [1.54, 1.807) is 48.8 Å². The Kier molecular flexibility index (Phi) is 8.21. The van der Waals surface area contributed by atoms with Crippen LogP contribution in [0, 0.1) is 0 Å². The van der Waals surface area contributed by atoms with Crippen LogP contribution in [0.1, 0.15) is 56.1 Å². The lowest BCUT2D eigenvalue weighted by Crippen LogP contribution is -2.27. The molecular formula is C21H28NO4P. The number of hydrogen-bond donors (Lipinski definition) is 2. The molecule has 0 aliphatic rings. The van der Waals surface area contributed by atoms with E-state index in [9.17, 15) is 19.4 Å². The molecule has 0 saturated carbocycles. The van der Waals surface area contributed by atoms with Crippen LogP contribution in [0.2, 0.25) is 0 Å². The van der Waals surface area contributed by atoms with Gasteiger partial charge in [-0.3, -0.25) is 14.3 Å². The molecule has 1 aromatic carbocycles. The summed E-state index contributed by atoms with van der Waals surface area (Å²) in [4.78, 5) is 27.0. The molecule has 146 valence electrons. The van der Waals surface area contributed by atoms with Gasteiger partial charge in [0.15, 0.2) is 0 Å². The number of carbonyl (C=O) groups is 1. The second kappa shape index (κ2) is 10.4. The molecule has 6 heteroatoms. The molecule has 0 aliphatic carbocycles. The number of carboxylic acid groups (broad SMARTS) is 1. The summed E-state index contributed by atoms with van der Waals surface area (Å²) in [6.07, 6.45) is 7.32. The maximum absolute atomic E-state index is 13.3. The monoisotopic (exact) mass is 389 g/mol. The van der Waals surface area contributed by atoms with E-state index >= 15 is 0 Å². The first-order chi connectivity index (χ1) is 13.0. The number of carboxylic acids is 1. The van der Waals surface area contributed by atoms with Crippen LogP contribution in [-0.2, 0) is 15.5 Å². The van der Waals surface area contributed by atoms with Crippen LogP contribution in [0.3, 0.4) is 0 Å². The largest absolute Gasteiger partial charge is 0.481 e. The highest BCUT2D eigenvalue weighted by atomic mass is 31.2. The molecule has 2 N–H and O–H groups in total. The van der Waals surface area contributed by atoms with Crippen molar-refractivity contribution in [3.05, 3.63) is 66.0 Å². The molecule has 1 heterocycles. The summed E-state index contributed by atoms with van der Waals surface area (Å²) in [7, 11) is -3.76. The molecule has 0 radical (unpaired) electrons. The van der Waals surface area contributed by atoms with Crippen molar-refractivity contribution < 1.29 is 19.4 Å². The summed E-state index contributed by atoms with van der Waals surface area (Å²) in [6.45, 7) is 2.10. The first kappa shape index (κ1) is 21.3. The Morgan fingerprint density at radius 1 is 1.07 bits per heavy atom. The van der Waals surface area contributed by atoms with Gasteiger partial charge in [0.2, 0.25) is 7.37 Å². The Balaban J connectivity index is 2.33. The van der Waals surface area contributed by atoms with E-state index in [0.717, 1.165) is 25.7 Å². The second-order valence-corrected chi connectivity index (χ2v) is 9.40. The van der Waals surface area contributed by atoms with E-state index in [1.807, 2.05) is 6.07 Å². The average Bonchev–Trinajstić information content (AvgIpc) is 2.65. The van der Waals surface area contributed by atoms with Crippen molar-refractivity contribution in [1.82, 2.24) is 4.98 Å². The van der Waals surface area contributed by atoms with Crippen LogP contribution < -0.4 is 0 Å². The molecular weight excluding hydrogens is 361 g/mol. The first-order valence-electron chi connectivity index (χ1n) is 9.44. The molecule has 0 fully saturated rings. The van der Waals surface area contributed by atoms with E-state index in [0.29, 0.717) is 17.5 Å². The third-order valence-corrected chi connectivity index (χ3v) is 7.25. The molecule has 3 atom stereocenters. The number of nitrogens with zero attached hydrogens (tertiary/aromatic N) is 1. The molecule has 27 heavy (non-hydrogen) atoms. The molecule has 3 unspecified atom stereocenters. The SMILES string of the molecule is CCCCCCC(C(C(=O)O)c1ccccc1)P(=O)(O)Cc1ccncc1. The van der Waals surface area contributed by atoms with E-state index in [1.165, 1.54) is 0 Å². The minimum atomic E-state index is -3.76. The topological polar surface area (TPSA) is 87.5 Å². The summed E-state index contributed by atoms with van der Waals surface area (Å²) < 4.78 is 13.3. The van der Waals surface area contributed by atoms with Crippen molar-refractivity contribution in [2.75, 3.05) is 0 Å². The standard InChI is InChI=1S/C21H28NO4P/c1-2-3-4-8-11-19(20(21(23)24)18-9-6-5-7-10-18)27(25,26)16-17-12-14-22-15-13-17/h5-7,9-10,12-15,19-20H,2-4,8,11,16H2,1H3,(H,23,24)(H,25,26). The molecule has 0 amide bonds. The normalized spacial score (nSPS) is 15.6. The Morgan fingerprint density at radius 3 is 2.33 bits per heavy atom. The highest BCUT2D eigenvalue weighted by Crippen LogP contribution is 2.56. The van der Waals surface area contributed by atoms with Crippen LogP contribution in [0.4, 0.5) is 0 Å². The summed E-state index contributed by atoms with van der Waals surface area (Å²) in [5, 5.41) is 9.89. The van der Waals surface area contributed by atoms with Gasteiger partial charge in [0, 0.05) is 12.4 Å². The predicted octanol–water partition coefficient (Wildman–Crippen LogP) is 5.06. The van der Waals surface area contributed by atoms with Crippen LogP contribution >= 0.6 is 7.37 Å². The van der Waals surface area contributed by atoms with Crippen molar-refractivity contribution in [2.45, 2.75) is 56.8 Å². The maximum atomic E-state index is 13.3. The van der Waals surface area contributed by atoms with Crippen molar-refractivity contribution in [3.63, 3.8) is 0 Å². The zero-order valence-electron chi connectivity index (χ0n) is 15.7. The molecule has 1 aromatic heterocycles.